The summed E-state index contributed by atoms with van der Waals surface area (Å²) in [6.07, 6.45) is 7.67. The molecule has 1 aliphatic carbocycles. The van der Waals surface area contributed by atoms with Crippen LogP contribution in [-0.2, 0) is 16.0 Å². The number of amides is 2. The van der Waals surface area contributed by atoms with Crippen molar-refractivity contribution in [2.45, 2.75) is 51.0 Å². The maximum atomic E-state index is 12.0. The highest BCUT2D eigenvalue weighted by Crippen LogP contribution is 2.29. The Kier molecular flexibility index (Phi) is 5.02. The number of nitrogens with zero attached hydrogens (tertiary/aromatic N) is 3. The SMILES string of the molecule is CCC(Cc1cc(NC2CC2)n2ncc(/C=C3\CC(=O)NC3=O)c2n1)c1ccccc1. The minimum Gasteiger partial charge on any atom is -0.367 e. The molecule has 0 spiro atoms. The van der Waals surface area contributed by atoms with E-state index in [-0.39, 0.29) is 18.2 Å². The fourth-order valence-corrected chi connectivity index (χ4v) is 4.06. The average molecular weight is 415 g/mol. The number of anilines is 1. The predicted molar refractivity (Wildman–Crippen MR) is 119 cm³/mol. The predicted octanol–water partition coefficient (Wildman–Crippen LogP) is 3.47. The van der Waals surface area contributed by atoms with E-state index in [0.717, 1.165) is 42.8 Å². The summed E-state index contributed by atoms with van der Waals surface area (Å²) in [4.78, 5) is 28.5. The van der Waals surface area contributed by atoms with E-state index < -0.39 is 0 Å². The van der Waals surface area contributed by atoms with Gasteiger partial charge in [-0.2, -0.15) is 9.61 Å². The van der Waals surface area contributed by atoms with E-state index in [1.165, 1.54) is 5.56 Å². The largest absolute Gasteiger partial charge is 0.367 e. The fourth-order valence-electron chi connectivity index (χ4n) is 4.06. The molecule has 2 fully saturated rings. The van der Waals surface area contributed by atoms with Crippen LogP contribution in [0.15, 0.2) is 48.2 Å². The molecule has 1 saturated carbocycles. The van der Waals surface area contributed by atoms with Crippen LogP contribution in [0.1, 0.15) is 55.3 Å². The molecule has 2 N–H and O–H groups in total. The Bertz CT molecular complexity index is 1180. The van der Waals surface area contributed by atoms with Gasteiger partial charge in [-0.3, -0.25) is 14.9 Å². The molecule has 31 heavy (non-hydrogen) atoms. The number of hydrogen-bond donors (Lipinski definition) is 2. The minimum absolute atomic E-state index is 0.0922. The lowest BCUT2D eigenvalue weighted by molar-refractivity contribution is -0.124. The molecule has 7 nitrogen and oxygen atoms in total. The second-order valence-electron chi connectivity index (χ2n) is 8.33. The maximum Gasteiger partial charge on any atom is 0.254 e. The molecule has 3 heterocycles. The third-order valence-electron chi connectivity index (χ3n) is 5.93. The van der Waals surface area contributed by atoms with E-state index in [4.69, 9.17) is 4.98 Å². The van der Waals surface area contributed by atoms with Crippen LogP contribution in [0.5, 0.6) is 0 Å². The zero-order valence-corrected chi connectivity index (χ0v) is 17.5. The molecular weight excluding hydrogens is 390 g/mol. The molecule has 1 atom stereocenters. The Balaban J connectivity index is 1.54. The number of imide groups is 1. The molecule has 5 rings (SSSR count). The van der Waals surface area contributed by atoms with Gasteiger partial charge >= 0.3 is 0 Å². The Labute approximate surface area is 180 Å². The molecule has 1 aromatic carbocycles. The van der Waals surface area contributed by atoms with Crippen molar-refractivity contribution < 1.29 is 9.59 Å². The third-order valence-corrected chi connectivity index (χ3v) is 5.93. The summed E-state index contributed by atoms with van der Waals surface area (Å²) >= 11 is 0. The first kappa shape index (κ1) is 19.5. The summed E-state index contributed by atoms with van der Waals surface area (Å²) in [5.74, 6) is 0.674. The summed E-state index contributed by atoms with van der Waals surface area (Å²) in [7, 11) is 0. The van der Waals surface area contributed by atoms with Crippen LogP contribution >= 0.6 is 0 Å². The molecular formula is C24H25N5O2. The van der Waals surface area contributed by atoms with Crippen LogP contribution in [0.3, 0.4) is 0 Å². The number of fused-ring (bicyclic) bond motifs is 1. The summed E-state index contributed by atoms with van der Waals surface area (Å²) in [5, 5.41) is 10.4. The number of hydrogen-bond acceptors (Lipinski definition) is 5. The van der Waals surface area contributed by atoms with Gasteiger partial charge in [0.2, 0.25) is 5.91 Å². The van der Waals surface area contributed by atoms with Gasteiger partial charge in [0.1, 0.15) is 5.82 Å². The lowest BCUT2D eigenvalue weighted by atomic mass is 9.92. The number of carbonyl (C=O) groups is 2. The van der Waals surface area contributed by atoms with Crippen LogP contribution in [0.4, 0.5) is 5.82 Å². The molecule has 0 bridgehead atoms. The van der Waals surface area contributed by atoms with Gasteiger partial charge in [0.25, 0.3) is 5.91 Å². The standard InChI is InChI=1S/C24H25N5O2/c1-2-15(16-6-4-3-5-7-16)11-20-13-21(26-19-8-9-19)29-23(27-20)18(14-25-29)10-17-12-22(30)28-24(17)31/h3-7,10,13-15,19,26H,2,8-9,11-12H2,1H3,(H,28,30,31)/b17-10+. The van der Waals surface area contributed by atoms with Crippen LogP contribution in [0.2, 0.25) is 0 Å². The molecule has 3 aromatic rings. The first-order valence-electron chi connectivity index (χ1n) is 10.8. The second kappa shape index (κ2) is 7.98. The van der Waals surface area contributed by atoms with Crippen molar-refractivity contribution in [3.63, 3.8) is 0 Å². The minimum atomic E-state index is -0.341. The number of benzene rings is 1. The average Bonchev–Trinajstić information content (AvgIpc) is 3.41. The van der Waals surface area contributed by atoms with E-state index in [9.17, 15) is 9.59 Å². The molecule has 1 aliphatic heterocycles. The van der Waals surface area contributed by atoms with Crippen molar-refractivity contribution in [1.82, 2.24) is 19.9 Å². The van der Waals surface area contributed by atoms with Crippen molar-refractivity contribution in [3.05, 3.63) is 65.0 Å². The zero-order chi connectivity index (χ0) is 21.4. The molecule has 2 aliphatic rings. The van der Waals surface area contributed by atoms with E-state index in [1.807, 2.05) is 6.07 Å². The fraction of sp³-hybridized carbons (Fsp3) is 0.333. The van der Waals surface area contributed by atoms with E-state index >= 15 is 0 Å². The Morgan fingerprint density at radius 3 is 2.74 bits per heavy atom. The van der Waals surface area contributed by atoms with Crippen LogP contribution < -0.4 is 10.6 Å². The van der Waals surface area contributed by atoms with Gasteiger partial charge in [-0.25, -0.2) is 4.98 Å². The zero-order valence-electron chi connectivity index (χ0n) is 17.5. The highest BCUT2D eigenvalue weighted by atomic mass is 16.2. The summed E-state index contributed by atoms with van der Waals surface area (Å²) in [5.41, 5.74) is 4.18. The molecule has 158 valence electrons. The third kappa shape index (κ3) is 4.08. The van der Waals surface area contributed by atoms with Crippen molar-refractivity contribution in [1.29, 1.82) is 0 Å². The highest BCUT2D eigenvalue weighted by molar-refractivity contribution is 6.15. The van der Waals surface area contributed by atoms with Crippen LogP contribution in [-0.4, -0.2) is 32.5 Å². The first-order chi connectivity index (χ1) is 15.1. The topological polar surface area (TPSA) is 88.4 Å². The number of rotatable bonds is 7. The number of carbonyl (C=O) groups excluding carboxylic acids is 2. The van der Waals surface area contributed by atoms with Gasteiger partial charge in [0.05, 0.1) is 12.6 Å². The molecule has 1 unspecified atom stereocenters. The van der Waals surface area contributed by atoms with Gasteiger partial charge in [-0.15, -0.1) is 0 Å². The first-order valence-corrected chi connectivity index (χ1v) is 10.8. The second-order valence-corrected chi connectivity index (χ2v) is 8.33. The summed E-state index contributed by atoms with van der Waals surface area (Å²) in [6.45, 7) is 2.20. The van der Waals surface area contributed by atoms with Crippen LogP contribution in [0.25, 0.3) is 11.7 Å². The van der Waals surface area contributed by atoms with E-state index in [2.05, 4.69) is 53.0 Å². The van der Waals surface area contributed by atoms with Crippen LogP contribution in [0, 0.1) is 0 Å². The maximum absolute atomic E-state index is 12.0. The van der Waals surface area contributed by atoms with Crippen molar-refractivity contribution >= 4 is 29.4 Å². The van der Waals surface area contributed by atoms with Crippen molar-refractivity contribution in [2.24, 2.45) is 0 Å². The quantitative estimate of drug-likeness (QED) is 0.456. The molecule has 7 heteroatoms. The normalized spacial score (nSPS) is 18.5. The Morgan fingerprint density at radius 2 is 2.06 bits per heavy atom. The summed E-state index contributed by atoms with van der Waals surface area (Å²) < 4.78 is 1.80. The lowest BCUT2D eigenvalue weighted by Gasteiger charge is -2.16. The smallest absolute Gasteiger partial charge is 0.254 e. The molecule has 2 aromatic heterocycles. The van der Waals surface area contributed by atoms with Crippen molar-refractivity contribution in [3.8, 4) is 0 Å². The molecule has 1 saturated heterocycles. The lowest BCUT2D eigenvalue weighted by Crippen LogP contribution is -2.19. The monoisotopic (exact) mass is 415 g/mol. The highest BCUT2D eigenvalue weighted by Gasteiger charge is 2.26. The van der Waals surface area contributed by atoms with Gasteiger partial charge in [-0.1, -0.05) is 37.3 Å². The van der Waals surface area contributed by atoms with Gasteiger partial charge in [-0.05, 0) is 43.2 Å². The van der Waals surface area contributed by atoms with Gasteiger partial charge in [0.15, 0.2) is 5.65 Å². The number of nitrogens with one attached hydrogen (secondary N) is 2. The van der Waals surface area contributed by atoms with Gasteiger partial charge < -0.3 is 5.32 Å². The van der Waals surface area contributed by atoms with Gasteiger partial charge in [0, 0.05) is 28.9 Å². The van der Waals surface area contributed by atoms with E-state index in [0.29, 0.717) is 23.2 Å². The number of aromatic nitrogens is 3. The Hall–Kier alpha value is -3.48. The molecule has 2 amide bonds. The molecule has 0 radical (unpaired) electrons. The Morgan fingerprint density at radius 1 is 1.26 bits per heavy atom. The van der Waals surface area contributed by atoms with E-state index in [1.54, 1.807) is 16.8 Å². The van der Waals surface area contributed by atoms with Crippen molar-refractivity contribution in [2.75, 3.05) is 5.32 Å². The summed E-state index contributed by atoms with van der Waals surface area (Å²) in [6, 6.07) is 13.1.